The average molecular weight is 214 g/mol. The first-order valence-electron chi connectivity index (χ1n) is 5.20. The first kappa shape index (κ1) is 12.1. The number of nitrogens with zero attached hydrogens (tertiary/aromatic N) is 2. The lowest BCUT2D eigenvalue weighted by Gasteiger charge is -2.13. The Labute approximate surface area is 95.9 Å². The van der Waals surface area contributed by atoms with Crippen LogP contribution >= 0.6 is 0 Å². The highest BCUT2D eigenvalue weighted by molar-refractivity contribution is 5.33. The molecule has 3 nitrogen and oxygen atoms in total. The third kappa shape index (κ3) is 2.52. The standard InChI is InChI=1S/C13H14N2O/c1-3-10(8-14)13(9-15)11-4-6-12(16-2)7-5-11/h4-7,10,13H,3H2,1-2H3/t10-,13+/m0/s1. The van der Waals surface area contributed by atoms with Crippen LogP contribution in [0.4, 0.5) is 0 Å². The van der Waals surface area contributed by atoms with Gasteiger partial charge in [0.1, 0.15) is 5.75 Å². The molecule has 0 aliphatic heterocycles. The van der Waals surface area contributed by atoms with Gasteiger partial charge in [0.2, 0.25) is 0 Å². The predicted molar refractivity (Wildman–Crippen MR) is 60.7 cm³/mol. The Kier molecular flexibility index (Phi) is 4.36. The molecule has 2 atom stereocenters. The fourth-order valence-corrected chi connectivity index (χ4v) is 1.61. The zero-order valence-corrected chi connectivity index (χ0v) is 9.47. The molecule has 3 heteroatoms. The van der Waals surface area contributed by atoms with Gasteiger partial charge in [0, 0.05) is 0 Å². The van der Waals surface area contributed by atoms with Crippen molar-refractivity contribution in [3.63, 3.8) is 0 Å². The molecule has 0 aliphatic rings. The average Bonchev–Trinajstić information content (AvgIpc) is 2.36. The summed E-state index contributed by atoms with van der Waals surface area (Å²) in [5.41, 5.74) is 0.872. The number of benzene rings is 1. The summed E-state index contributed by atoms with van der Waals surface area (Å²) in [4.78, 5) is 0. The molecule has 0 aliphatic carbocycles. The minimum absolute atomic E-state index is 0.251. The zero-order chi connectivity index (χ0) is 12.0. The Hall–Kier alpha value is -2.00. The van der Waals surface area contributed by atoms with Crippen molar-refractivity contribution in [2.24, 2.45) is 5.92 Å². The number of hydrogen-bond donors (Lipinski definition) is 0. The van der Waals surface area contributed by atoms with Crippen molar-refractivity contribution in [2.45, 2.75) is 19.3 Å². The number of nitriles is 2. The van der Waals surface area contributed by atoms with E-state index in [1.807, 2.05) is 31.2 Å². The molecule has 1 aromatic carbocycles. The molecule has 0 saturated carbocycles. The summed E-state index contributed by atoms with van der Waals surface area (Å²) in [6.45, 7) is 1.92. The van der Waals surface area contributed by atoms with Gasteiger partial charge in [-0.25, -0.2) is 0 Å². The van der Waals surface area contributed by atoms with Crippen LogP contribution in [0.3, 0.4) is 0 Å². The highest BCUT2D eigenvalue weighted by atomic mass is 16.5. The van der Waals surface area contributed by atoms with E-state index in [0.29, 0.717) is 6.42 Å². The van der Waals surface area contributed by atoms with Crippen LogP contribution in [0.1, 0.15) is 24.8 Å². The van der Waals surface area contributed by atoms with Crippen LogP contribution in [0.2, 0.25) is 0 Å². The summed E-state index contributed by atoms with van der Waals surface area (Å²) in [5, 5.41) is 18.1. The number of hydrogen-bond acceptors (Lipinski definition) is 3. The fraction of sp³-hybridized carbons (Fsp3) is 0.385. The molecule has 0 fully saturated rings. The van der Waals surface area contributed by atoms with Crippen molar-refractivity contribution in [3.05, 3.63) is 29.8 Å². The lowest BCUT2D eigenvalue weighted by atomic mass is 9.86. The molecular formula is C13H14N2O. The van der Waals surface area contributed by atoms with Gasteiger partial charge in [-0.3, -0.25) is 0 Å². The van der Waals surface area contributed by atoms with Crippen molar-refractivity contribution >= 4 is 0 Å². The zero-order valence-electron chi connectivity index (χ0n) is 9.47. The van der Waals surface area contributed by atoms with Crippen LogP contribution in [0.25, 0.3) is 0 Å². The Morgan fingerprint density at radius 1 is 1.19 bits per heavy atom. The summed E-state index contributed by atoms with van der Waals surface area (Å²) in [6.07, 6.45) is 0.681. The van der Waals surface area contributed by atoms with Gasteiger partial charge in [-0.15, -0.1) is 0 Å². The van der Waals surface area contributed by atoms with E-state index >= 15 is 0 Å². The molecule has 0 spiro atoms. The van der Waals surface area contributed by atoms with Gasteiger partial charge in [0.15, 0.2) is 0 Å². The lowest BCUT2D eigenvalue weighted by Crippen LogP contribution is -2.08. The summed E-state index contributed by atoms with van der Waals surface area (Å²) < 4.78 is 5.05. The third-order valence-electron chi connectivity index (χ3n) is 2.62. The highest BCUT2D eigenvalue weighted by Gasteiger charge is 2.21. The van der Waals surface area contributed by atoms with E-state index in [4.69, 9.17) is 15.3 Å². The minimum Gasteiger partial charge on any atom is -0.497 e. The van der Waals surface area contributed by atoms with E-state index in [1.54, 1.807) is 7.11 Å². The lowest BCUT2D eigenvalue weighted by molar-refractivity contribution is 0.414. The second-order valence-corrected chi connectivity index (χ2v) is 3.52. The van der Waals surface area contributed by atoms with Crippen LogP contribution in [0.5, 0.6) is 5.75 Å². The normalized spacial score (nSPS) is 13.2. The maximum atomic E-state index is 9.11. The molecule has 1 aromatic rings. The van der Waals surface area contributed by atoms with Crippen LogP contribution < -0.4 is 4.74 Å². The molecule has 1 rings (SSSR count). The largest absolute Gasteiger partial charge is 0.497 e. The minimum atomic E-state index is -0.360. The summed E-state index contributed by atoms with van der Waals surface area (Å²) >= 11 is 0. The first-order valence-corrected chi connectivity index (χ1v) is 5.20. The van der Waals surface area contributed by atoms with Gasteiger partial charge >= 0.3 is 0 Å². The summed E-state index contributed by atoms with van der Waals surface area (Å²) in [6, 6.07) is 11.7. The third-order valence-corrected chi connectivity index (χ3v) is 2.62. The second kappa shape index (κ2) is 5.78. The van der Waals surface area contributed by atoms with Gasteiger partial charge < -0.3 is 4.74 Å². The van der Waals surface area contributed by atoms with Crippen LogP contribution in [0, 0.1) is 28.6 Å². The molecule has 0 N–H and O–H groups in total. The van der Waals surface area contributed by atoms with Crippen LogP contribution in [0.15, 0.2) is 24.3 Å². The molecule has 0 bridgehead atoms. The smallest absolute Gasteiger partial charge is 0.118 e. The first-order chi connectivity index (χ1) is 7.76. The number of ether oxygens (including phenoxy) is 1. The molecular weight excluding hydrogens is 200 g/mol. The number of methoxy groups -OCH3 is 1. The fourth-order valence-electron chi connectivity index (χ4n) is 1.61. The van der Waals surface area contributed by atoms with Gasteiger partial charge in [0.25, 0.3) is 0 Å². The van der Waals surface area contributed by atoms with Gasteiger partial charge in [0.05, 0.1) is 31.1 Å². The Morgan fingerprint density at radius 2 is 1.81 bits per heavy atom. The van der Waals surface area contributed by atoms with Gasteiger partial charge in [-0.05, 0) is 24.1 Å². The van der Waals surface area contributed by atoms with Crippen molar-refractivity contribution in [1.29, 1.82) is 10.5 Å². The van der Waals surface area contributed by atoms with E-state index < -0.39 is 0 Å². The Balaban J connectivity index is 2.97. The molecule has 0 heterocycles. The van der Waals surface area contributed by atoms with Crippen LogP contribution in [-0.4, -0.2) is 7.11 Å². The molecule has 0 radical (unpaired) electrons. The monoisotopic (exact) mass is 214 g/mol. The molecule has 82 valence electrons. The summed E-state index contributed by atoms with van der Waals surface area (Å²) in [7, 11) is 1.60. The maximum Gasteiger partial charge on any atom is 0.118 e. The Bertz CT molecular complexity index is 411. The molecule has 0 unspecified atom stereocenters. The van der Waals surface area contributed by atoms with E-state index in [0.717, 1.165) is 11.3 Å². The quantitative estimate of drug-likeness (QED) is 0.774. The van der Waals surface area contributed by atoms with Crippen molar-refractivity contribution in [1.82, 2.24) is 0 Å². The van der Waals surface area contributed by atoms with Gasteiger partial charge in [-0.2, -0.15) is 10.5 Å². The highest BCUT2D eigenvalue weighted by Crippen LogP contribution is 2.27. The van der Waals surface area contributed by atoms with Crippen molar-refractivity contribution in [3.8, 4) is 17.9 Å². The maximum absolute atomic E-state index is 9.11. The van der Waals surface area contributed by atoms with E-state index in [9.17, 15) is 0 Å². The summed E-state index contributed by atoms with van der Waals surface area (Å²) in [5.74, 6) is 0.143. The van der Waals surface area contributed by atoms with E-state index in [1.165, 1.54) is 0 Å². The van der Waals surface area contributed by atoms with Gasteiger partial charge in [-0.1, -0.05) is 19.1 Å². The molecule has 0 aromatic heterocycles. The molecule has 0 amide bonds. The Morgan fingerprint density at radius 3 is 2.19 bits per heavy atom. The van der Waals surface area contributed by atoms with Crippen molar-refractivity contribution < 1.29 is 4.74 Å². The van der Waals surface area contributed by atoms with E-state index in [2.05, 4.69) is 12.1 Å². The predicted octanol–water partition coefficient (Wildman–Crippen LogP) is 2.85. The second-order valence-electron chi connectivity index (χ2n) is 3.52. The van der Waals surface area contributed by atoms with Crippen molar-refractivity contribution in [2.75, 3.05) is 7.11 Å². The van der Waals surface area contributed by atoms with E-state index in [-0.39, 0.29) is 11.8 Å². The molecule has 0 saturated heterocycles. The topological polar surface area (TPSA) is 56.8 Å². The molecule has 16 heavy (non-hydrogen) atoms. The SMILES string of the molecule is CC[C@@H](C#N)[C@@H](C#N)c1ccc(OC)cc1. The van der Waals surface area contributed by atoms with Crippen LogP contribution in [-0.2, 0) is 0 Å². The number of rotatable bonds is 4.